The summed E-state index contributed by atoms with van der Waals surface area (Å²) in [7, 11) is 0. The van der Waals surface area contributed by atoms with Gasteiger partial charge in [-0.1, -0.05) is 28.1 Å². The first kappa shape index (κ1) is 8.20. The molecule has 0 atom stereocenters. The molecule has 3 heteroatoms. The number of halogens is 2. The van der Waals surface area contributed by atoms with E-state index >= 15 is 0 Å². The van der Waals surface area contributed by atoms with Crippen molar-refractivity contribution in [3.05, 3.63) is 34.3 Å². The summed E-state index contributed by atoms with van der Waals surface area (Å²) in [5.41, 5.74) is -0.375. The van der Waals surface area contributed by atoms with Crippen molar-refractivity contribution in [1.29, 1.82) is 0 Å². The third-order valence-corrected chi connectivity index (χ3v) is 2.65. The molecule has 64 valence electrons. The van der Waals surface area contributed by atoms with Crippen LogP contribution >= 0.6 is 15.9 Å². The first-order valence-electron chi connectivity index (χ1n) is 3.86. The molecule has 2 rings (SSSR count). The highest BCUT2D eigenvalue weighted by Crippen LogP contribution is 2.31. The molecule has 0 saturated carbocycles. The fraction of sp³-hybridized carbons (Fsp3) is 0.333. The molecule has 0 aliphatic carbocycles. The summed E-state index contributed by atoms with van der Waals surface area (Å²) in [5, 5.41) is 2.93. The van der Waals surface area contributed by atoms with Crippen LogP contribution in [-0.4, -0.2) is 13.1 Å². The molecule has 0 radical (unpaired) electrons. The Morgan fingerprint density at radius 3 is 2.67 bits per heavy atom. The Labute approximate surface area is 79.1 Å². The molecule has 0 aromatic heterocycles. The Morgan fingerprint density at radius 1 is 1.42 bits per heavy atom. The van der Waals surface area contributed by atoms with Crippen LogP contribution in [0.2, 0.25) is 0 Å². The molecule has 1 aliphatic rings. The van der Waals surface area contributed by atoms with E-state index in [1.165, 1.54) is 0 Å². The van der Waals surface area contributed by atoms with Crippen molar-refractivity contribution in [1.82, 2.24) is 5.32 Å². The van der Waals surface area contributed by atoms with Gasteiger partial charge in [0.1, 0.15) is 0 Å². The number of benzene rings is 1. The Kier molecular flexibility index (Phi) is 1.93. The molecule has 12 heavy (non-hydrogen) atoms. The lowest BCUT2D eigenvalue weighted by Gasteiger charge is -2.35. The molecule has 1 aliphatic heterocycles. The van der Waals surface area contributed by atoms with E-state index < -0.39 is 5.67 Å². The molecular weight excluding hydrogens is 221 g/mol. The quantitative estimate of drug-likeness (QED) is 0.779. The topological polar surface area (TPSA) is 12.0 Å². The molecule has 0 unspecified atom stereocenters. The molecule has 1 aromatic carbocycles. The van der Waals surface area contributed by atoms with Crippen molar-refractivity contribution in [2.24, 2.45) is 0 Å². The van der Waals surface area contributed by atoms with Gasteiger partial charge in [0, 0.05) is 17.6 Å². The molecule has 1 fully saturated rings. The van der Waals surface area contributed by atoms with Gasteiger partial charge in [-0.25, -0.2) is 4.39 Å². The standard InChI is InChI=1S/C9H9BrFN/c10-8-3-1-2-7(4-8)9(11)5-12-6-9/h1-4,12H,5-6H2. The minimum atomic E-state index is -1.14. The normalized spacial score (nSPS) is 20.2. The minimum absolute atomic E-state index is 0.434. The third kappa shape index (κ3) is 1.27. The molecule has 1 saturated heterocycles. The molecule has 1 N–H and O–H groups in total. The van der Waals surface area contributed by atoms with Gasteiger partial charge < -0.3 is 5.32 Å². The van der Waals surface area contributed by atoms with Gasteiger partial charge in [-0.05, 0) is 17.7 Å². The Morgan fingerprint density at radius 2 is 2.17 bits per heavy atom. The van der Waals surface area contributed by atoms with E-state index in [4.69, 9.17) is 0 Å². The Balaban J connectivity index is 2.33. The molecule has 0 amide bonds. The van der Waals surface area contributed by atoms with Gasteiger partial charge in [0.05, 0.1) is 0 Å². The van der Waals surface area contributed by atoms with Crippen LogP contribution in [0.4, 0.5) is 4.39 Å². The maximum Gasteiger partial charge on any atom is 0.160 e. The van der Waals surface area contributed by atoms with Gasteiger partial charge in [-0.3, -0.25) is 0 Å². The summed E-state index contributed by atoms with van der Waals surface area (Å²) >= 11 is 3.32. The van der Waals surface area contributed by atoms with Gasteiger partial charge in [0.15, 0.2) is 5.67 Å². The van der Waals surface area contributed by atoms with Crippen molar-refractivity contribution in [2.45, 2.75) is 5.67 Å². The van der Waals surface area contributed by atoms with Crippen LogP contribution in [-0.2, 0) is 5.67 Å². The van der Waals surface area contributed by atoms with Crippen LogP contribution in [0.3, 0.4) is 0 Å². The zero-order valence-corrected chi connectivity index (χ0v) is 8.07. The molecule has 0 bridgehead atoms. The summed E-state index contributed by atoms with van der Waals surface area (Å²) in [6, 6.07) is 7.42. The van der Waals surface area contributed by atoms with Crippen LogP contribution in [0.15, 0.2) is 28.7 Å². The second kappa shape index (κ2) is 2.82. The molecule has 1 heterocycles. The summed E-state index contributed by atoms with van der Waals surface area (Å²) in [6.45, 7) is 0.868. The van der Waals surface area contributed by atoms with Gasteiger partial charge in [0.2, 0.25) is 0 Å². The highest BCUT2D eigenvalue weighted by molar-refractivity contribution is 9.10. The largest absolute Gasteiger partial charge is 0.310 e. The summed E-state index contributed by atoms with van der Waals surface area (Å²) in [4.78, 5) is 0. The van der Waals surface area contributed by atoms with Gasteiger partial charge >= 0.3 is 0 Å². The second-order valence-electron chi connectivity index (χ2n) is 3.08. The SMILES string of the molecule is FC1(c2cccc(Br)c2)CNC1. The van der Waals surface area contributed by atoms with Gasteiger partial charge in [0.25, 0.3) is 0 Å². The van der Waals surface area contributed by atoms with Crippen LogP contribution in [0, 0.1) is 0 Å². The Hall–Kier alpha value is -0.410. The van der Waals surface area contributed by atoms with Crippen LogP contribution in [0.1, 0.15) is 5.56 Å². The first-order valence-corrected chi connectivity index (χ1v) is 4.66. The average Bonchev–Trinajstić information content (AvgIpc) is 2.00. The minimum Gasteiger partial charge on any atom is -0.310 e. The van der Waals surface area contributed by atoms with Crippen molar-refractivity contribution >= 4 is 15.9 Å². The number of nitrogens with one attached hydrogen (secondary N) is 1. The first-order chi connectivity index (χ1) is 5.71. The van der Waals surface area contributed by atoms with E-state index in [0.29, 0.717) is 13.1 Å². The monoisotopic (exact) mass is 229 g/mol. The van der Waals surface area contributed by atoms with E-state index in [2.05, 4.69) is 21.2 Å². The van der Waals surface area contributed by atoms with Crippen molar-refractivity contribution in [3.8, 4) is 0 Å². The van der Waals surface area contributed by atoms with Crippen LogP contribution < -0.4 is 5.32 Å². The lowest BCUT2D eigenvalue weighted by molar-refractivity contribution is 0.0891. The fourth-order valence-electron chi connectivity index (χ4n) is 1.32. The van der Waals surface area contributed by atoms with Crippen LogP contribution in [0.5, 0.6) is 0 Å². The lowest BCUT2D eigenvalue weighted by Crippen LogP contribution is -2.53. The molecular formula is C9H9BrFN. The number of rotatable bonds is 1. The van der Waals surface area contributed by atoms with E-state index in [-0.39, 0.29) is 0 Å². The molecule has 0 spiro atoms. The smallest absolute Gasteiger partial charge is 0.160 e. The third-order valence-electron chi connectivity index (χ3n) is 2.15. The highest BCUT2D eigenvalue weighted by Gasteiger charge is 2.38. The van der Waals surface area contributed by atoms with Gasteiger partial charge in [-0.15, -0.1) is 0 Å². The van der Waals surface area contributed by atoms with Crippen molar-refractivity contribution in [3.63, 3.8) is 0 Å². The zero-order valence-electron chi connectivity index (χ0n) is 6.48. The van der Waals surface area contributed by atoms with Crippen molar-refractivity contribution in [2.75, 3.05) is 13.1 Å². The predicted octanol–water partition coefficient (Wildman–Crippen LogP) is 2.22. The fourth-order valence-corrected chi connectivity index (χ4v) is 1.72. The number of alkyl halides is 1. The summed E-state index contributed by atoms with van der Waals surface area (Å²) < 4.78 is 14.7. The van der Waals surface area contributed by atoms with E-state index in [0.717, 1.165) is 10.0 Å². The maximum absolute atomic E-state index is 13.7. The number of hydrogen-bond donors (Lipinski definition) is 1. The second-order valence-corrected chi connectivity index (χ2v) is 3.99. The number of hydrogen-bond acceptors (Lipinski definition) is 1. The summed E-state index contributed by atoms with van der Waals surface area (Å²) in [5.74, 6) is 0. The lowest BCUT2D eigenvalue weighted by atomic mass is 9.90. The summed E-state index contributed by atoms with van der Waals surface area (Å²) in [6.07, 6.45) is 0. The highest BCUT2D eigenvalue weighted by atomic mass is 79.9. The Bertz CT molecular complexity index is 296. The predicted molar refractivity (Wildman–Crippen MR) is 49.8 cm³/mol. The molecule has 1 aromatic rings. The maximum atomic E-state index is 13.7. The van der Waals surface area contributed by atoms with E-state index in [1.54, 1.807) is 0 Å². The van der Waals surface area contributed by atoms with E-state index in [9.17, 15) is 4.39 Å². The molecule has 1 nitrogen and oxygen atoms in total. The van der Waals surface area contributed by atoms with Crippen molar-refractivity contribution < 1.29 is 4.39 Å². The van der Waals surface area contributed by atoms with Gasteiger partial charge in [-0.2, -0.15) is 0 Å². The van der Waals surface area contributed by atoms with Crippen LogP contribution in [0.25, 0.3) is 0 Å². The van der Waals surface area contributed by atoms with E-state index in [1.807, 2.05) is 24.3 Å². The average molecular weight is 230 g/mol. The zero-order chi connectivity index (χ0) is 8.60.